The maximum absolute atomic E-state index is 12.6. The zero-order valence-corrected chi connectivity index (χ0v) is 9.65. The number of hydrogen-bond donors (Lipinski definition) is 1. The number of rotatable bonds is 4. The summed E-state index contributed by atoms with van der Waals surface area (Å²) in [6, 6.07) is 3.21. The van der Waals surface area contributed by atoms with Crippen LogP contribution in [0.15, 0.2) is 17.5 Å². The normalized spacial score (nSPS) is 11.2. The monoisotopic (exact) mass is 242 g/mol. The highest BCUT2D eigenvalue weighted by Crippen LogP contribution is 2.31. The van der Waals surface area contributed by atoms with Gasteiger partial charge in [-0.2, -0.15) is 0 Å². The Labute approximate surface area is 96.3 Å². The first-order valence-electron chi connectivity index (χ1n) is 5.12. The van der Waals surface area contributed by atoms with E-state index in [0.29, 0.717) is 5.52 Å². The van der Waals surface area contributed by atoms with Gasteiger partial charge in [0, 0.05) is 6.54 Å². The fraction of sp³-hybridized carbons (Fsp3) is 0.364. The van der Waals surface area contributed by atoms with Gasteiger partial charge in [0.15, 0.2) is 0 Å². The highest BCUT2D eigenvalue weighted by molar-refractivity contribution is 7.17. The SMILES string of the molecule is CCCNc1cc(C(F)F)nc2ccsc12. The smallest absolute Gasteiger partial charge is 0.280 e. The van der Waals surface area contributed by atoms with E-state index in [2.05, 4.69) is 10.3 Å². The predicted octanol–water partition coefficient (Wildman–Crippen LogP) is 4.06. The Morgan fingerprint density at radius 2 is 2.31 bits per heavy atom. The molecule has 86 valence electrons. The number of pyridine rings is 1. The fourth-order valence-corrected chi connectivity index (χ4v) is 2.31. The van der Waals surface area contributed by atoms with Crippen LogP contribution in [0.1, 0.15) is 25.5 Å². The molecule has 0 radical (unpaired) electrons. The Balaban J connectivity index is 2.46. The van der Waals surface area contributed by atoms with Crippen LogP contribution in [0.25, 0.3) is 10.2 Å². The van der Waals surface area contributed by atoms with E-state index < -0.39 is 6.43 Å². The summed E-state index contributed by atoms with van der Waals surface area (Å²) in [5.41, 5.74) is 1.24. The number of nitrogens with zero attached hydrogens (tertiary/aromatic N) is 1. The molecule has 1 N–H and O–H groups in total. The highest BCUT2D eigenvalue weighted by Gasteiger charge is 2.13. The molecule has 5 heteroatoms. The molecule has 0 aliphatic heterocycles. The third kappa shape index (κ3) is 2.14. The molecule has 2 rings (SSSR count). The minimum atomic E-state index is -2.52. The van der Waals surface area contributed by atoms with E-state index >= 15 is 0 Å². The van der Waals surface area contributed by atoms with Gasteiger partial charge in [0.1, 0.15) is 5.69 Å². The lowest BCUT2D eigenvalue weighted by Crippen LogP contribution is -2.01. The molecule has 16 heavy (non-hydrogen) atoms. The number of hydrogen-bond acceptors (Lipinski definition) is 3. The Bertz CT molecular complexity index is 482. The van der Waals surface area contributed by atoms with Crippen LogP contribution in [-0.2, 0) is 0 Å². The van der Waals surface area contributed by atoms with Crippen LogP contribution < -0.4 is 5.32 Å². The largest absolute Gasteiger partial charge is 0.384 e. The maximum Gasteiger partial charge on any atom is 0.280 e. The summed E-state index contributed by atoms with van der Waals surface area (Å²) in [5, 5.41) is 5.02. The number of halogens is 2. The Morgan fingerprint density at radius 1 is 1.50 bits per heavy atom. The van der Waals surface area contributed by atoms with E-state index in [-0.39, 0.29) is 5.69 Å². The van der Waals surface area contributed by atoms with Gasteiger partial charge in [0.05, 0.1) is 15.9 Å². The third-order valence-corrected chi connectivity index (χ3v) is 3.16. The second kappa shape index (κ2) is 4.74. The Kier molecular flexibility index (Phi) is 3.33. The van der Waals surface area contributed by atoms with Crippen molar-refractivity contribution in [3.8, 4) is 0 Å². The van der Waals surface area contributed by atoms with Crippen LogP contribution in [0.4, 0.5) is 14.5 Å². The zero-order chi connectivity index (χ0) is 11.5. The molecule has 0 fully saturated rings. The number of aromatic nitrogens is 1. The standard InChI is InChI=1S/C11H12F2N2S/c1-2-4-14-8-6-9(11(12)13)15-7-3-5-16-10(7)8/h3,5-6,11H,2,4H2,1H3,(H,14,15). The van der Waals surface area contributed by atoms with Crippen LogP contribution in [0, 0.1) is 0 Å². The molecule has 0 saturated heterocycles. The van der Waals surface area contributed by atoms with E-state index in [1.807, 2.05) is 12.3 Å². The average Bonchev–Trinajstić information content (AvgIpc) is 2.73. The Hall–Kier alpha value is -1.23. The van der Waals surface area contributed by atoms with Gasteiger partial charge >= 0.3 is 0 Å². The number of anilines is 1. The minimum Gasteiger partial charge on any atom is -0.384 e. The lowest BCUT2D eigenvalue weighted by atomic mass is 10.2. The van der Waals surface area contributed by atoms with Crippen molar-refractivity contribution >= 4 is 27.2 Å². The van der Waals surface area contributed by atoms with E-state index in [9.17, 15) is 8.78 Å². The average molecular weight is 242 g/mol. The van der Waals surface area contributed by atoms with E-state index in [1.54, 1.807) is 6.07 Å². The quantitative estimate of drug-likeness (QED) is 0.874. The van der Waals surface area contributed by atoms with E-state index in [1.165, 1.54) is 17.4 Å². The molecule has 0 atom stereocenters. The summed E-state index contributed by atoms with van der Waals surface area (Å²) in [6.07, 6.45) is -1.56. The summed E-state index contributed by atoms with van der Waals surface area (Å²) in [4.78, 5) is 3.92. The first-order valence-corrected chi connectivity index (χ1v) is 6.00. The lowest BCUT2D eigenvalue weighted by molar-refractivity contribution is 0.146. The van der Waals surface area contributed by atoms with Crippen molar-refractivity contribution in [3.63, 3.8) is 0 Å². The molecule has 0 bridgehead atoms. The van der Waals surface area contributed by atoms with Crippen molar-refractivity contribution in [3.05, 3.63) is 23.2 Å². The van der Waals surface area contributed by atoms with Crippen molar-refractivity contribution < 1.29 is 8.78 Å². The first-order chi connectivity index (χ1) is 7.72. The van der Waals surface area contributed by atoms with Crippen molar-refractivity contribution in [2.45, 2.75) is 19.8 Å². The van der Waals surface area contributed by atoms with Gasteiger partial charge in [0.25, 0.3) is 6.43 Å². The van der Waals surface area contributed by atoms with Gasteiger partial charge < -0.3 is 5.32 Å². The van der Waals surface area contributed by atoms with Crippen LogP contribution in [0.5, 0.6) is 0 Å². The molecule has 0 unspecified atom stereocenters. The van der Waals surface area contributed by atoms with Crippen LogP contribution >= 0.6 is 11.3 Å². The van der Waals surface area contributed by atoms with Crippen molar-refractivity contribution in [2.24, 2.45) is 0 Å². The molecule has 0 spiro atoms. The molecular formula is C11H12F2N2S. The van der Waals surface area contributed by atoms with Crippen molar-refractivity contribution in [2.75, 3.05) is 11.9 Å². The van der Waals surface area contributed by atoms with Crippen LogP contribution in [0.2, 0.25) is 0 Å². The number of nitrogens with one attached hydrogen (secondary N) is 1. The summed E-state index contributed by atoms with van der Waals surface area (Å²) in [5.74, 6) is 0. The van der Waals surface area contributed by atoms with E-state index in [0.717, 1.165) is 23.4 Å². The van der Waals surface area contributed by atoms with Gasteiger partial charge in [-0.3, -0.25) is 0 Å². The second-order valence-corrected chi connectivity index (χ2v) is 4.37. The van der Waals surface area contributed by atoms with Crippen molar-refractivity contribution in [1.82, 2.24) is 4.98 Å². The van der Waals surface area contributed by atoms with Crippen molar-refractivity contribution in [1.29, 1.82) is 0 Å². The molecule has 0 saturated carbocycles. The highest BCUT2D eigenvalue weighted by atomic mass is 32.1. The predicted molar refractivity (Wildman–Crippen MR) is 63.4 cm³/mol. The molecule has 0 aromatic carbocycles. The van der Waals surface area contributed by atoms with Gasteiger partial charge in [-0.25, -0.2) is 13.8 Å². The molecule has 2 aromatic heterocycles. The maximum atomic E-state index is 12.6. The summed E-state index contributed by atoms with van der Waals surface area (Å²) in [7, 11) is 0. The first kappa shape index (κ1) is 11.3. The number of fused-ring (bicyclic) bond motifs is 1. The van der Waals surface area contributed by atoms with Gasteiger partial charge in [-0.1, -0.05) is 6.92 Å². The molecule has 2 heterocycles. The molecule has 0 aliphatic rings. The summed E-state index contributed by atoms with van der Waals surface area (Å²) in [6.45, 7) is 2.81. The van der Waals surface area contributed by atoms with Gasteiger partial charge in [0.2, 0.25) is 0 Å². The summed E-state index contributed by atoms with van der Waals surface area (Å²) >= 11 is 1.51. The Morgan fingerprint density at radius 3 is 3.00 bits per heavy atom. The number of alkyl halides is 2. The fourth-order valence-electron chi connectivity index (χ4n) is 1.48. The zero-order valence-electron chi connectivity index (χ0n) is 8.84. The molecule has 2 nitrogen and oxygen atoms in total. The van der Waals surface area contributed by atoms with Crippen LogP contribution in [0.3, 0.4) is 0 Å². The second-order valence-electron chi connectivity index (χ2n) is 3.46. The minimum absolute atomic E-state index is 0.162. The molecule has 0 aliphatic carbocycles. The van der Waals surface area contributed by atoms with Crippen LogP contribution in [-0.4, -0.2) is 11.5 Å². The van der Waals surface area contributed by atoms with E-state index in [4.69, 9.17) is 0 Å². The molecule has 0 amide bonds. The number of thiophene rings is 1. The molecular weight excluding hydrogens is 230 g/mol. The van der Waals surface area contributed by atoms with Gasteiger partial charge in [-0.05, 0) is 23.9 Å². The topological polar surface area (TPSA) is 24.9 Å². The van der Waals surface area contributed by atoms with Gasteiger partial charge in [-0.15, -0.1) is 11.3 Å². The lowest BCUT2D eigenvalue weighted by Gasteiger charge is -2.08. The molecule has 2 aromatic rings. The summed E-state index contributed by atoms with van der Waals surface area (Å²) < 4.78 is 26.2. The third-order valence-electron chi connectivity index (χ3n) is 2.22.